The number of carbonyl (C=O) groups is 1. The number of hydrogen-bond donors (Lipinski definition) is 1. The fourth-order valence-electron chi connectivity index (χ4n) is 2.44. The molecule has 1 aromatic rings. The molecule has 21 heavy (non-hydrogen) atoms. The Morgan fingerprint density at radius 1 is 1.43 bits per heavy atom. The largest absolute Gasteiger partial charge is 0.369 e. The van der Waals surface area contributed by atoms with Crippen LogP contribution >= 0.6 is 15.9 Å². The van der Waals surface area contributed by atoms with Gasteiger partial charge in [-0.05, 0) is 38.0 Å². The van der Waals surface area contributed by atoms with E-state index < -0.39 is 32.6 Å². The van der Waals surface area contributed by atoms with Crippen molar-refractivity contribution in [1.29, 1.82) is 0 Å². The molecular formula is C13H16BrFN2O3S. The molecule has 1 aliphatic rings. The van der Waals surface area contributed by atoms with Gasteiger partial charge in [-0.3, -0.25) is 4.79 Å². The minimum absolute atomic E-state index is 0.00914. The minimum Gasteiger partial charge on any atom is -0.369 e. The van der Waals surface area contributed by atoms with E-state index >= 15 is 0 Å². The SMILES string of the molecule is C[C@@H]1CC[C@H](C(N)=O)CN1S(=O)(=O)c1cc(Br)ccc1F. The molecule has 1 heterocycles. The number of sulfonamides is 1. The Labute approximate surface area is 131 Å². The second-order valence-corrected chi connectivity index (χ2v) is 7.95. The lowest BCUT2D eigenvalue weighted by molar-refractivity contribution is -0.123. The smallest absolute Gasteiger partial charge is 0.246 e. The summed E-state index contributed by atoms with van der Waals surface area (Å²) in [7, 11) is -4.01. The van der Waals surface area contributed by atoms with Gasteiger partial charge in [0.1, 0.15) is 10.7 Å². The van der Waals surface area contributed by atoms with E-state index in [9.17, 15) is 17.6 Å². The quantitative estimate of drug-likeness (QED) is 0.871. The van der Waals surface area contributed by atoms with Gasteiger partial charge >= 0.3 is 0 Å². The van der Waals surface area contributed by atoms with Crippen molar-refractivity contribution in [3.05, 3.63) is 28.5 Å². The van der Waals surface area contributed by atoms with Crippen molar-refractivity contribution in [3.63, 3.8) is 0 Å². The Hall–Kier alpha value is -0.990. The van der Waals surface area contributed by atoms with Crippen molar-refractivity contribution in [1.82, 2.24) is 4.31 Å². The third-order valence-electron chi connectivity index (χ3n) is 3.71. The molecule has 0 aromatic heterocycles. The summed E-state index contributed by atoms with van der Waals surface area (Å²) >= 11 is 3.14. The number of halogens is 2. The van der Waals surface area contributed by atoms with Crippen LogP contribution in [0.25, 0.3) is 0 Å². The number of benzene rings is 1. The molecule has 2 rings (SSSR count). The number of rotatable bonds is 3. The topological polar surface area (TPSA) is 80.5 Å². The van der Waals surface area contributed by atoms with Crippen molar-refractivity contribution >= 4 is 31.9 Å². The van der Waals surface area contributed by atoms with Gasteiger partial charge in [-0.25, -0.2) is 12.8 Å². The maximum atomic E-state index is 13.9. The molecule has 1 saturated heterocycles. The highest BCUT2D eigenvalue weighted by molar-refractivity contribution is 9.10. The van der Waals surface area contributed by atoms with Crippen LogP contribution in [0.2, 0.25) is 0 Å². The third-order valence-corrected chi connectivity index (χ3v) is 6.20. The number of hydrogen-bond acceptors (Lipinski definition) is 3. The highest BCUT2D eigenvalue weighted by Gasteiger charge is 2.37. The summed E-state index contributed by atoms with van der Waals surface area (Å²) in [6.07, 6.45) is 1.06. The van der Waals surface area contributed by atoms with Gasteiger partial charge in [-0.2, -0.15) is 4.31 Å². The maximum Gasteiger partial charge on any atom is 0.246 e. The van der Waals surface area contributed by atoms with Crippen molar-refractivity contribution in [2.75, 3.05) is 6.54 Å². The van der Waals surface area contributed by atoms with E-state index in [0.29, 0.717) is 17.3 Å². The Kier molecular flexibility index (Phi) is 4.69. The normalized spacial score (nSPS) is 24.0. The van der Waals surface area contributed by atoms with Gasteiger partial charge in [0.2, 0.25) is 15.9 Å². The molecule has 0 unspecified atom stereocenters. The molecule has 1 fully saturated rings. The van der Waals surface area contributed by atoms with Crippen LogP contribution in [0.1, 0.15) is 19.8 Å². The van der Waals surface area contributed by atoms with Crippen molar-refractivity contribution in [2.24, 2.45) is 11.7 Å². The molecule has 2 N–H and O–H groups in total. The first kappa shape index (κ1) is 16.4. The summed E-state index contributed by atoms with van der Waals surface area (Å²) in [4.78, 5) is 10.9. The van der Waals surface area contributed by atoms with E-state index in [-0.39, 0.29) is 12.6 Å². The Balaban J connectivity index is 2.42. The number of piperidine rings is 1. The zero-order valence-electron chi connectivity index (χ0n) is 11.4. The number of amides is 1. The highest BCUT2D eigenvalue weighted by Crippen LogP contribution is 2.30. The first-order chi connectivity index (χ1) is 9.73. The summed E-state index contributed by atoms with van der Waals surface area (Å²) in [6.45, 7) is 1.73. The van der Waals surface area contributed by atoms with Crippen molar-refractivity contribution < 1.29 is 17.6 Å². The predicted molar refractivity (Wildman–Crippen MR) is 79.4 cm³/mol. The zero-order chi connectivity index (χ0) is 15.8. The molecule has 5 nitrogen and oxygen atoms in total. The van der Waals surface area contributed by atoms with Gasteiger partial charge in [0.15, 0.2) is 0 Å². The van der Waals surface area contributed by atoms with E-state index in [1.165, 1.54) is 12.1 Å². The van der Waals surface area contributed by atoms with Crippen LogP contribution in [0.4, 0.5) is 4.39 Å². The number of carbonyl (C=O) groups excluding carboxylic acids is 1. The molecule has 0 aliphatic carbocycles. The van der Waals surface area contributed by atoms with Crippen LogP contribution in [0.15, 0.2) is 27.6 Å². The number of nitrogens with zero attached hydrogens (tertiary/aromatic N) is 1. The lowest BCUT2D eigenvalue weighted by Gasteiger charge is -2.35. The second-order valence-electron chi connectivity index (χ2n) is 5.18. The highest BCUT2D eigenvalue weighted by atomic mass is 79.9. The Morgan fingerprint density at radius 3 is 2.71 bits per heavy atom. The second kappa shape index (κ2) is 6.02. The maximum absolute atomic E-state index is 13.9. The van der Waals surface area contributed by atoms with Gasteiger partial charge in [0, 0.05) is 17.1 Å². The van der Waals surface area contributed by atoms with Crippen LogP contribution in [0, 0.1) is 11.7 Å². The number of nitrogens with two attached hydrogens (primary N) is 1. The summed E-state index contributed by atoms with van der Waals surface area (Å²) in [6, 6.07) is 3.45. The van der Waals surface area contributed by atoms with Crippen LogP contribution < -0.4 is 5.73 Å². The lowest BCUT2D eigenvalue weighted by Crippen LogP contribution is -2.48. The monoisotopic (exact) mass is 378 g/mol. The van der Waals surface area contributed by atoms with E-state index in [2.05, 4.69) is 15.9 Å². The fourth-order valence-corrected chi connectivity index (χ4v) is 4.75. The molecule has 2 atom stereocenters. The van der Waals surface area contributed by atoms with Gasteiger partial charge in [-0.15, -0.1) is 0 Å². The van der Waals surface area contributed by atoms with E-state index in [1.807, 2.05) is 0 Å². The molecule has 0 radical (unpaired) electrons. The van der Waals surface area contributed by atoms with Gasteiger partial charge < -0.3 is 5.73 Å². The zero-order valence-corrected chi connectivity index (χ0v) is 13.8. The van der Waals surface area contributed by atoms with Crippen LogP contribution in [0.3, 0.4) is 0 Å². The number of primary amides is 1. The van der Waals surface area contributed by atoms with E-state index in [4.69, 9.17) is 5.73 Å². The molecule has 8 heteroatoms. The summed E-state index contributed by atoms with van der Waals surface area (Å²) in [5.74, 6) is -1.88. The standard InChI is InChI=1S/C13H16BrFN2O3S/c1-8-2-3-9(13(16)18)7-17(8)21(19,20)12-6-10(14)4-5-11(12)15/h4-6,8-9H,2-3,7H2,1H3,(H2,16,18)/t8-,9+/m1/s1. The molecule has 1 aliphatic heterocycles. The van der Waals surface area contributed by atoms with Crippen LogP contribution in [-0.4, -0.2) is 31.2 Å². The molecule has 1 amide bonds. The van der Waals surface area contributed by atoms with Crippen molar-refractivity contribution in [3.8, 4) is 0 Å². The fraction of sp³-hybridized carbons (Fsp3) is 0.462. The first-order valence-corrected chi connectivity index (χ1v) is 8.73. The average Bonchev–Trinajstić information content (AvgIpc) is 2.41. The first-order valence-electron chi connectivity index (χ1n) is 6.49. The Bertz CT molecular complexity index is 665. The van der Waals surface area contributed by atoms with Crippen LogP contribution in [-0.2, 0) is 14.8 Å². The van der Waals surface area contributed by atoms with Crippen LogP contribution in [0.5, 0.6) is 0 Å². The van der Waals surface area contributed by atoms with Gasteiger partial charge in [-0.1, -0.05) is 15.9 Å². The minimum atomic E-state index is -4.01. The molecule has 0 saturated carbocycles. The van der Waals surface area contributed by atoms with Gasteiger partial charge in [0.05, 0.1) is 5.92 Å². The van der Waals surface area contributed by atoms with E-state index in [0.717, 1.165) is 10.4 Å². The average molecular weight is 379 g/mol. The molecule has 116 valence electrons. The lowest BCUT2D eigenvalue weighted by atomic mass is 9.95. The summed E-state index contributed by atoms with van der Waals surface area (Å²) in [5.41, 5.74) is 5.27. The molecule has 0 spiro atoms. The molecule has 1 aromatic carbocycles. The summed E-state index contributed by atoms with van der Waals surface area (Å²) < 4.78 is 40.8. The molecular weight excluding hydrogens is 363 g/mol. The third kappa shape index (κ3) is 3.27. The Morgan fingerprint density at radius 2 is 2.10 bits per heavy atom. The van der Waals surface area contributed by atoms with Gasteiger partial charge in [0.25, 0.3) is 0 Å². The van der Waals surface area contributed by atoms with E-state index in [1.54, 1.807) is 6.92 Å². The summed E-state index contributed by atoms with van der Waals surface area (Å²) in [5, 5.41) is 0. The molecule has 0 bridgehead atoms. The van der Waals surface area contributed by atoms with Crippen molar-refractivity contribution in [2.45, 2.75) is 30.7 Å². The predicted octanol–water partition coefficient (Wildman–Crippen LogP) is 1.86.